The van der Waals surface area contributed by atoms with Crippen LogP contribution in [0, 0.1) is 13.8 Å². The number of rotatable bonds is 4. The monoisotopic (exact) mass is 337 g/mol. The number of hydrogen-bond donors (Lipinski definition) is 0. The lowest BCUT2D eigenvalue weighted by Gasteiger charge is -2.23. The topological polar surface area (TPSA) is 29.5 Å². The first-order valence-electron chi connectivity index (χ1n) is 7.70. The normalized spacial score (nSPS) is 10.5. The second-order valence-corrected chi connectivity index (χ2v) is 6.70. The Hall–Kier alpha value is -2.59. The summed E-state index contributed by atoms with van der Waals surface area (Å²) in [6.45, 7) is 4.14. The average molecular weight is 337 g/mol. The second kappa shape index (κ2) is 6.89. The Bertz CT molecular complexity index is 789. The molecular formula is C20H19NO2S. The number of carbonyl (C=O) groups excluding carboxylic acids is 1. The first kappa shape index (κ1) is 16.3. The fourth-order valence-electron chi connectivity index (χ4n) is 2.45. The van der Waals surface area contributed by atoms with E-state index in [4.69, 9.17) is 4.74 Å². The van der Waals surface area contributed by atoms with Crippen molar-refractivity contribution in [3.8, 4) is 0 Å². The number of anilines is 3. The van der Waals surface area contributed by atoms with Gasteiger partial charge in [0.1, 0.15) is 9.88 Å². The maximum Gasteiger partial charge on any atom is 0.348 e. The summed E-state index contributed by atoms with van der Waals surface area (Å²) >= 11 is 1.42. The van der Waals surface area contributed by atoms with Gasteiger partial charge in [-0.15, -0.1) is 11.3 Å². The summed E-state index contributed by atoms with van der Waals surface area (Å²) in [4.78, 5) is 14.5. The molecule has 0 spiro atoms. The molecule has 3 aromatic rings. The summed E-state index contributed by atoms with van der Waals surface area (Å²) in [7, 11) is 1.40. The van der Waals surface area contributed by atoms with E-state index in [2.05, 4.69) is 67.3 Å². The van der Waals surface area contributed by atoms with E-state index in [9.17, 15) is 4.79 Å². The molecule has 0 bridgehead atoms. The van der Waals surface area contributed by atoms with Crippen LogP contribution in [-0.2, 0) is 4.74 Å². The molecule has 0 aliphatic rings. The maximum absolute atomic E-state index is 11.8. The van der Waals surface area contributed by atoms with E-state index in [-0.39, 0.29) is 5.97 Å². The largest absolute Gasteiger partial charge is 0.465 e. The molecule has 2 aromatic carbocycles. The summed E-state index contributed by atoms with van der Waals surface area (Å²) in [6, 6.07) is 20.5. The Balaban J connectivity index is 2.07. The highest BCUT2D eigenvalue weighted by Crippen LogP contribution is 2.39. The molecule has 0 radical (unpaired) electrons. The third-order valence-electron chi connectivity index (χ3n) is 3.78. The van der Waals surface area contributed by atoms with Crippen LogP contribution in [0.3, 0.4) is 0 Å². The molecule has 0 fully saturated rings. The Morgan fingerprint density at radius 2 is 1.33 bits per heavy atom. The van der Waals surface area contributed by atoms with Crippen molar-refractivity contribution in [3.63, 3.8) is 0 Å². The van der Waals surface area contributed by atoms with Crippen LogP contribution in [0.25, 0.3) is 0 Å². The Morgan fingerprint density at radius 1 is 0.833 bits per heavy atom. The third-order valence-corrected chi connectivity index (χ3v) is 4.83. The van der Waals surface area contributed by atoms with Gasteiger partial charge < -0.3 is 9.64 Å². The van der Waals surface area contributed by atoms with E-state index in [0.717, 1.165) is 16.4 Å². The molecule has 122 valence electrons. The van der Waals surface area contributed by atoms with E-state index >= 15 is 0 Å². The van der Waals surface area contributed by atoms with Gasteiger partial charge in [0, 0.05) is 11.4 Å². The van der Waals surface area contributed by atoms with Gasteiger partial charge >= 0.3 is 5.97 Å². The minimum atomic E-state index is -0.306. The molecule has 4 heteroatoms. The van der Waals surface area contributed by atoms with E-state index in [0.29, 0.717) is 4.88 Å². The number of methoxy groups -OCH3 is 1. The van der Waals surface area contributed by atoms with Crippen molar-refractivity contribution < 1.29 is 9.53 Å². The minimum Gasteiger partial charge on any atom is -0.465 e. The van der Waals surface area contributed by atoms with Crippen LogP contribution in [0.2, 0.25) is 0 Å². The zero-order valence-electron chi connectivity index (χ0n) is 13.9. The highest BCUT2D eigenvalue weighted by molar-refractivity contribution is 7.18. The quantitative estimate of drug-likeness (QED) is 0.579. The van der Waals surface area contributed by atoms with E-state index in [1.807, 2.05) is 6.07 Å². The van der Waals surface area contributed by atoms with Crippen molar-refractivity contribution in [1.29, 1.82) is 0 Å². The number of esters is 1. The fourth-order valence-corrected chi connectivity index (χ4v) is 3.42. The second-order valence-electron chi connectivity index (χ2n) is 5.64. The maximum atomic E-state index is 11.8. The summed E-state index contributed by atoms with van der Waals surface area (Å²) in [6.07, 6.45) is 0. The minimum absolute atomic E-state index is 0.306. The van der Waals surface area contributed by atoms with Gasteiger partial charge in [-0.3, -0.25) is 0 Å². The number of ether oxygens (including phenoxy) is 1. The molecule has 24 heavy (non-hydrogen) atoms. The highest BCUT2D eigenvalue weighted by atomic mass is 32.1. The van der Waals surface area contributed by atoms with E-state index < -0.39 is 0 Å². The van der Waals surface area contributed by atoms with Crippen molar-refractivity contribution >= 4 is 33.7 Å². The van der Waals surface area contributed by atoms with Gasteiger partial charge in [0.2, 0.25) is 0 Å². The lowest BCUT2D eigenvalue weighted by atomic mass is 10.1. The number of hydrogen-bond acceptors (Lipinski definition) is 4. The van der Waals surface area contributed by atoms with Gasteiger partial charge in [-0.1, -0.05) is 35.4 Å². The molecule has 0 unspecified atom stereocenters. The number of benzene rings is 2. The Labute approximate surface area is 146 Å². The third kappa shape index (κ3) is 3.34. The molecule has 1 heterocycles. The fraction of sp³-hybridized carbons (Fsp3) is 0.150. The van der Waals surface area contributed by atoms with Crippen LogP contribution in [0.1, 0.15) is 20.8 Å². The average Bonchev–Trinajstić information content (AvgIpc) is 3.07. The van der Waals surface area contributed by atoms with Crippen LogP contribution >= 0.6 is 11.3 Å². The summed E-state index contributed by atoms with van der Waals surface area (Å²) in [5.74, 6) is -0.306. The lowest BCUT2D eigenvalue weighted by molar-refractivity contribution is 0.0606. The number of carbonyl (C=O) groups is 1. The number of aryl methyl sites for hydroxylation is 2. The van der Waals surface area contributed by atoms with Gasteiger partial charge in [-0.2, -0.15) is 0 Å². The van der Waals surface area contributed by atoms with Gasteiger partial charge in [0.25, 0.3) is 0 Å². The smallest absolute Gasteiger partial charge is 0.348 e. The molecule has 0 saturated carbocycles. The van der Waals surface area contributed by atoms with Crippen molar-refractivity contribution in [3.05, 3.63) is 76.7 Å². The molecule has 0 saturated heterocycles. The first-order valence-corrected chi connectivity index (χ1v) is 8.52. The zero-order valence-corrected chi connectivity index (χ0v) is 14.8. The molecule has 1 aromatic heterocycles. The number of nitrogens with zero attached hydrogens (tertiary/aromatic N) is 1. The van der Waals surface area contributed by atoms with Crippen LogP contribution < -0.4 is 4.90 Å². The van der Waals surface area contributed by atoms with E-state index in [1.165, 1.54) is 29.6 Å². The summed E-state index contributed by atoms with van der Waals surface area (Å²) in [5.41, 5.74) is 4.54. The molecule has 0 atom stereocenters. The SMILES string of the molecule is COC(=O)c1ccc(N(c2ccc(C)cc2)c2ccc(C)cc2)s1. The van der Waals surface area contributed by atoms with Gasteiger partial charge in [0.05, 0.1) is 7.11 Å². The Morgan fingerprint density at radius 3 is 1.79 bits per heavy atom. The van der Waals surface area contributed by atoms with Crippen LogP contribution in [0.4, 0.5) is 16.4 Å². The molecule has 0 amide bonds. The van der Waals surface area contributed by atoms with E-state index in [1.54, 1.807) is 6.07 Å². The molecule has 0 N–H and O–H groups in total. The molecular weight excluding hydrogens is 318 g/mol. The number of thiophene rings is 1. The Kier molecular flexibility index (Phi) is 4.67. The van der Waals surface area contributed by atoms with Crippen molar-refractivity contribution in [2.75, 3.05) is 12.0 Å². The lowest BCUT2D eigenvalue weighted by Crippen LogP contribution is -2.08. The standard InChI is InChI=1S/C20H19NO2S/c1-14-4-8-16(9-5-14)21(17-10-6-15(2)7-11-17)19-13-12-18(24-19)20(22)23-3/h4-13H,1-3H3. The summed E-state index contributed by atoms with van der Waals surface area (Å²) < 4.78 is 4.83. The van der Waals surface area contributed by atoms with Gasteiger partial charge in [-0.25, -0.2) is 4.79 Å². The van der Waals surface area contributed by atoms with Gasteiger partial charge in [0.15, 0.2) is 0 Å². The first-order chi connectivity index (χ1) is 11.6. The molecule has 0 aliphatic carbocycles. The van der Waals surface area contributed by atoms with Crippen molar-refractivity contribution in [2.45, 2.75) is 13.8 Å². The molecule has 3 nitrogen and oxygen atoms in total. The predicted molar refractivity (Wildman–Crippen MR) is 99.8 cm³/mol. The van der Waals surface area contributed by atoms with Crippen LogP contribution in [0.15, 0.2) is 60.7 Å². The molecule has 3 rings (SSSR count). The van der Waals surface area contributed by atoms with Crippen LogP contribution in [0.5, 0.6) is 0 Å². The zero-order chi connectivity index (χ0) is 17.1. The highest BCUT2D eigenvalue weighted by Gasteiger charge is 2.17. The summed E-state index contributed by atoms with van der Waals surface area (Å²) in [5, 5.41) is 0.975. The van der Waals surface area contributed by atoms with Crippen LogP contribution in [-0.4, -0.2) is 13.1 Å². The molecule has 0 aliphatic heterocycles. The van der Waals surface area contributed by atoms with Crippen molar-refractivity contribution in [1.82, 2.24) is 0 Å². The van der Waals surface area contributed by atoms with Crippen molar-refractivity contribution in [2.24, 2.45) is 0 Å². The van der Waals surface area contributed by atoms with Gasteiger partial charge in [-0.05, 0) is 50.2 Å². The predicted octanol–water partition coefficient (Wildman–Crippen LogP) is 5.62.